The average molecular weight is 315 g/mol. The van der Waals surface area contributed by atoms with Gasteiger partial charge in [-0.15, -0.1) is 0 Å². The van der Waals surface area contributed by atoms with E-state index in [1.165, 1.54) is 11.8 Å². The summed E-state index contributed by atoms with van der Waals surface area (Å²) in [4.78, 5) is 4.37. The normalized spacial score (nSPS) is 10.8. The van der Waals surface area contributed by atoms with Gasteiger partial charge in [-0.25, -0.2) is 4.98 Å². The zero-order chi connectivity index (χ0) is 15.5. The second-order valence-corrected chi connectivity index (χ2v) is 5.55. The van der Waals surface area contributed by atoms with Crippen LogP contribution >= 0.6 is 11.8 Å². The highest BCUT2D eigenvalue weighted by molar-refractivity contribution is 7.98. The first-order valence-corrected chi connectivity index (χ1v) is 8.03. The van der Waals surface area contributed by atoms with E-state index in [1.54, 1.807) is 7.11 Å². The Morgan fingerprint density at radius 3 is 2.91 bits per heavy atom. The van der Waals surface area contributed by atoms with Crippen LogP contribution < -0.4 is 15.8 Å². The Kier molecular flexibility index (Phi) is 4.11. The summed E-state index contributed by atoms with van der Waals surface area (Å²) in [5.74, 6) is 0.770. The molecule has 0 saturated heterocycles. The Bertz CT molecular complexity index is 801. The molecule has 1 aromatic heterocycles. The van der Waals surface area contributed by atoms with Gasteiger partial charge < -0.3 is 20.2 Å². The molecule has 3 rings (SSSR count). The molecule has 2 aromatic carbocycles. The third kappa shape index (κ3) is 2.96. The van der Waals surface area contributed by atoms with E-state index in [9.17, 15) is 0 Å². The second kappa shape index (κ2) is 6.19. The van der Waals surface area contributed by atoms with Crippen molar-refractivity contribution in [3.63, 3.8) is 0 Å². The predicted octanol–water partition coefficient (Wildman–Crippen LogP) is 3.75. The number of oxazole rings is 1. The van der Waals surface area contributed by atoms with E-state index < -0.39 is 0 Å². The maximum absolute atomic E-state index is 5.97. The number of methoxy groups -OCH3 is 1. The molecule has 6 heteroatoms. The predicted molar refractivity (Wildman–Crippen MR) is 90.5 cm³/mol. The minimum absolute atomic E-state index is 0.641. The molecule has 0 fully saturated rings. The number of thioether (sulfide) groups is 1. The number of benzene rings is 2. The molecule has 0 radical (unpaired) electrons. The molecule has 22 heavy (non-hydrogen) atoms. The summed E-state index contributed by atoms with van der Waals surface area (Å²) in [6.45, 7) is 0.641. The third-order valence-corrected chi connectivity index (χ3v) is 3.88. The minimum atomic E-state index is 0.641. The first-order chi connectivity index (χ1) is 10.7. The van der Waals surface area contributed by atoms with E-state index in [0.29, 0.717) is 17.5 Å². The van der Waals surface area contributed by atoms with E-state index in [1.807, 2.05) is 42.7 Å². The van der Waals surface area contributed by atoms with Crippen LogP contribution in [0.1, 0.15) is 5.56 Å². The minimum Gasteiger partial charge on any atom is -0.497 e. The lowest BCUT2D eigenvalue weighted by molar-refractivity contribution is 0.415. The summed E-state index contributed by atoms with van der Waals surface area (Å²) in [5, 5.41) is 4.00. The molecule has 0 saturated carbocycles. The summed E-state index contributed by atoms with van der Waals surface area (Å²) < 4.78 is 10.9. The average Bonchev–Trinajstić information content (AvgIpc) is 2.96. The van der Waals surface area contributed by atoms with Crippen molar-refractivity contribution in [1.82, 2.24) is 4.98 Å². The number of nitrogens with zero attached hydrogens (tertiary/aromatic N) is 1. The third-order valence-electron chi connectivity index (χ3n) is 3.35. The molecule has 0 aliphatic carbocycles. The molecule has 0 aliphatic heterocycles. The fourth-order valence-corrected chi connectivity index (χ4v) is 2.52. The summed E-state index contributed by atoms with van der Waals surface area (Å²) in [6, 6.07) is 11.5. The highest BCUT2D eigenvalue weighted by Gasteiger charge is 2.06. The summed E-state index contributed by atoms with van der Waals surface area (Å²) in [6.07, 6.45) is 1.94. The van der Waals surface area contributed by atoms with Crippen molar-refractivity contribution in [2.75, 3.05) is 24.4 Å². The lowest BCUT2D eigenvalue weighted by Crippen LogP contribution is -2.02. The number of nitrogens with two attached hydrogens (primary N) is 1. The Labute approximate surface area is 132 Å². The van der Waals surface area contributed by atoms with Gasteiger partial charge in [-0.2, -0.15) is 0 Å². The van der Waals surface area contributed by atoms with Crippen molar-refractivity contribution in [2.24, 2.45) is 0 Å². The molecule has 5 nitrogen and oxygen atoms in total. The van der Waals surface area contributed by atoms with Crippen molar-refractivity contribution >= 4 is 34.2 Å². The Morgan fingerprint density at radius 2 is 2.14 bits per heavy atom. The first-order valence-electron chi connectivity index (χ1n) is 6.80. The van der Waals surface area contributed by atoms with Crippen LogP contribution in [0.2, 0.25) is 0 Å². The molecular weight excluding hydrogens is 298 g/mol. The number of aromatic nitrogens is 1. The van der Waals surface area contributed by atoms with Gasteiger partial charge >= 0.3 is 0 Å². The standard InChI is InChI=1S/C16H17N3O2S/c1-20-11-4-5-12(17)14(8-11)18-9-10-3-6-13-15(7-10)21-16(19-13)22-2/h3-8,18H,9,17H2,1-2H3. The number of anilines is 2. The van der Waals surface area contributed by atoms with Crippen LogP contribution in [0.5, 0.6) is 5.75 Å². The van der Waals surface area contributed by atoms with Crippen molar-refractivity contribution in [2.45, 2.75) is 11.8 Å². The highest BCUT2D eigenvalue weighted by Crippen LogP contribution is 2.26. The molecule has 0 atom stereocenters. The summed E-state index contributed by atoms with van der Waals surface area (Å²) >= 11 is 1.49. The van der Waals surface area contributed by atoms with E-state index >= 15 is 0 Å². The second-order valence-electron chi connectivity index (χ2n) is 4.79. The van der Waals surface area contributed by atoms with Gasteiger partial charge in [0.25, 0.3) is 5.22 Å². The summed E-state index contributed by atoms with van der Waals surface area (Å²) in [5.41, 5.74) is 10.3. The quantitative estimate of drug-likeness (QED) is 0.552. The lowest BCUT2D eigenvalue weighted by atomic mass is 10.2. The van der Waals surface area contributed by atoms with Crippen molar-refractivity contribution in [3.05, 3.63) is 42.0 Å². The van der Waals surface area contributed by atoms with Crippen LogP contribution in [0, 0.1) is 0 Å². The van der Waals surface area contributed by atoms with Crippen molar-refractivity contribution in [3.8, 4) is 5.75 Å². The molecule has 0 bridgehead atoms. The van der Waals surface area contributed by atoms with Gasteiger partial charge in [0, 0.05) is 12.6 Å². The summed E-state index contributed by atoms with van der Waals surface area (Å²) in [7, 11) is 1.64. The van der Waals surface area contributed by atoms with Crippen LogP contribution in [0.4, 0.5) is 11.4 Å². The number of nitrogens with one attached hydrogen (secondary N) is 1. The van der Waals surface area contributed by atoms with Gasteiger partial charge in [-0.1, -0.05) is 17.8 Å². The Morgan fingerprint density at radius 1 is 1.27 bits per heavy atom. The fourth-order valence-electron chi connectivity index (χ4n) is 2.16. The zero-order valence-electron chi connectivity index (χ0n) is 12.4. The largest absolute Gasteiger partial charge is 0.497 e. The number of rotatable bonds is 5. The topological polar surface area (TPSA) is 73.3 Å². The zero-order valence-corrected chi connectivity index (χ0v) is 13.2. The van der Waals surface area contributed by atoms with E-state index in [4.69, 9.17) is 14.9 Å². The van der Waals surface area contributed by atoms with Gasteiger partial charge in [-0.3, -0.25) is 0 Å². The van der Waals surface area contributed by atoms with Crippen molar-refractivity contribution < 1.29 is 9.15 Å². The van der Waals surface area contributed by atoms with Crippen LogP contribution in [-0.2, 0) is 6.54 Å². The molecule has 0 unspecified atom stereocenters. The Hall–Kier alpha value is -2.34. The Balaban J connectivity index is 1.78. The number of ether oxygens (including phenoxy) is 1. The molecule has 3 aromatic rings. The van der Waals surface area contributed by atoms with Crippen LogP contribution in [0.15, 0.2) is 46.0 Å². The molecule has 114 valence electrons. The highest BCUT2D eigenvalue weighted by atomic mass is 32.2. The fraction of sp³-hybridized carbons (Fsp3) is 0.188. The van der Waals surface area contributed by atoms with E-state index in [0.717, 1.165) is 28.1 Å². The molecule has 0 amide bonds. The van der Waals surface area contributed by atoms with Gasteiger partial charge in [0.05, 0.1) is 18.5 Å². The van der Waals surface area contributed by atoms with E-state index in [-0.39, 0.29) is 0 Å². The van der Waals surface area contributed by atoms with Gasteiger partial charge in [0.15, 0.2) is 5.58 Å². The smallest absolute Gasteiger partial charge is 0.256 e. The molecule has 1 heterocycles. The number of nitrogen functional groups attached to an aromatic ring is 1. The molecule has 3 N–H and O–H groups in total. The van der Waals surface area contributed by atoms with Crippen LogP contribution in [-0.4, -0.2) is 18.3 Å². The maximum Gasteiger partial charge on any atom is 0.256 e. The molecule has 0 spiro atoms. The van der Waals surface area contributed by atoms with Crippen LogP contribution in [0.3, 0.4) is 0 Å². The SMILES string of the molecule is COc1ccc(N)c(NCc2ccc3nc(SC)oc3c2)c1. The van der Waals surface area contributed by atoms with Crippen LogP contribution in [0.25, 0.3) is 11.1 Å². The first kappa shape index (κ1) is 14.6. The maximum atomic E-state index is 5.97. The van der Waals surface area contributed by atoms with Gasteiger partial charge in [-0.05, 0) is 36.1 Å². The molecule has 0 aliphatic rings. The number of hydrogen-bond donors (Lipinski definition) is 2. The lowest BCUT2D eigenvalue weighted by Gasteiger charge is -2.11. The van der Waals surface area contributed by atoms with Gasteiger partial charge in [0.1, 0.15) is 11.3 Å². The molecular formula is C16H17N3O2S. The monoisotopic (exact) mass is 315 g/mol. The van der Waals surface area contributed by atoms with E-state index in [2.05, 4.69) is 10.3 Å². The van der Waals surface area contributed by atoms with Gasteiger partial charge in [0.2, 0.25) is 0 Å². The number of fused-ring (bicyclic) bond motifs is 1. The number of hydrogen-bond acceptors (Lipinski definition) is 6. The van der Waals surface area contributed by atoms with Crippen molar-refractivity contribution in [1.29, 1.82) is 0 Å².